The Morgan fingerprint density at radius 2 is 2.38 bits per heavy atom. The number of carbonyl (C=O) groups is 1. The van der Waals surface area contributed by atoms with Crippen LogP contribution in [-0.2, 0) is 7.05 Å². The van der Waals surface area contributed by atoms with Gasteiger partial charge in [-0.25, -0.2) is 0 Å². The Hall–Kier alpha value is -1.00. The van der Waals surface area contributed by atoms with Gasteiger partial charge in [0.2, 0.25) is 0 Å². The van der Waals surface area contributed by atoms with Crippen molar-refractivity contribution in [3.8, 4) is 0 Å². The molecular weight excluding hydrogens is 226 g/mol. The number of carbonyl (C=O) groups excluding carboxylic acids is 1. The Morgan fingerprint density at radius 1 is 1.62 bits per heavy atom. The lowest BCUT2D eigenvalue weighted by molar-refractivity contribution is 0.0699. The Kier molecular flexibility index (Phi) is 3.21. The van der Waals surface area contributed by atoms with Gasteiger partial charge >= 0.3 is 0 Å². The summed E-state index contributed by atoms with van der Waals surface area (Å²) in [4.78, 5) is 14.1. The highest BCUT2D eigenvalue weighted by molar-refractivity contribution is 6.31. The molecule has 0 spiro atoms. The lowest BCUT2D eigenvalue weighted by Crippen LogP contribution is -2.51. The van der Waals surface area contributed by atoms with Gasteiger partial charge in [0.15, 0.2) is 0 Å². The summed E-state index contributed by atoms with van der Waals surface area (Å²) in [6, 6.07) is 2.07. The highest BCUT2D eigenvalue weighted by Crippen LogP contribution is 2.15. The third-order valence-corrected chi connectivity index (χ3v) is 3.05. The van der Waals surface area contributed by atoms with E-state index in [1.165, 1.54) is 0 Å². The van der Waals surface area contributed by atoms with Gasteiger partial charge in [-0.15, -0.1) is 0 Å². The number of halogens is 1. The van der Waals surface area contributed by atoms with Gasteiger partial charge in [-0.2, -0.15) is 0 Å². The van der Waals surface area contributed by atoms with Crippen LogP contribution in [-0.4, -0.2) is 41.1 Å². The Morgan fingerprint density at radius 3 is 2.94 bits per heavy atom. The van der Waals surface area contributed by atoms with E-state index in [9.17, 15) is 4.79 Å². The topological polar surface area (TPSA) is 37.3 Å². The Labute approximate surface area is 100 Å². The van der Waals surface area contributed by atoms with Crippen LogP contribution in [0.15, 0.2) is 12.3 Å². The van der Waals surface area contributed by atoms with Crippen molar-refractivity contribution in [2.45, 2.75) is 13.0 Å². The van der Waals surface area contributed by atoms with E-state index in [2.05, 4.69) is 12.2 Å². The third kappa shape index (κ3) is 2.23. The minimum absolute atomic E-state index is 0.0581. The molecule has 1 aliphatic rings. The maximum atomic E-state index is 12.2. The predicted molar refractivity (Wildman–Crippen MR) is 63.8 cm³/mol. The van der Waals surface area contributed by atoms with Crippen LogP contribution in [0.4, 0.5) is 0 Å². The van der Waals surface area contributed by atoms with Crippen molar-refractivity contribution in [2.75, 3.05) is 19.6 Å². The van der Waals surface area contributed by atoms with Crippen LogP contribution in [0.3, 0.4) is 0 Å². The summed E-state index contributed by atoms with van der Waals surface area (Å²) < 4.78 is 1.78. The minimum Gasteiger partial charge on any atom is -0.345 e. The van der Waals surface area contributed by atoms with E-state index in [1.54, 1.807) is 16.8 Å². The van der Waals surface area contributed by atoms with Crippen LogP contribution < -0.4 is 5.32 Å². The number of piperazine rings is 1. The monoisotopic (exact) mass is 241 g/mol. The summed E-state index contributed by atoms with van der Waals surface area (Å²) in [7, 11) is 1.84. The molecule has 16 heavy (non-hydrogen) atoms. The number of aryl methyl sites for hydroxylation is 1. The number of aromatic nitrogens is 1. The smallest absolute Gasteiger partial charge is 0.270 e. The fourth-order valence-corrected chi connectivity index (χ4v) is 2.27. The number of nitrogens with one attached hydrogen (secondary N) is 1. The molecule has 5 heteroatoms. The predicted octanol–water partition coefficient (Wildman–Crippen LogP) is 1.11. The van der Waals surface area contributed by atoms with Crippen LogP contribution in [0.25, 0.3) is 0 Å². The van der Waals surface area contributed by atoms with Crippen molar-refractivity contribution in [3.05, 3.63) is 23.0 Å². The van der Waals surface area contributed by atoms with E-state index in [1.807, 2.05) is 11.9 Å². The molecule has 1 fully saturated rings. The number of hydrogen-bond acceptors (Lipinski definition) is 2. The average molecular weight is 242 g/mol. The fraction of sp³-hybridized carbons (Fsp3) is 0.545. The van der Waals surface area contributed by atoms with Gasteiger partial charge in [0.05, 0.1) is 5.02 Å². The Bertz CT molecular complexity index is 402. The molecule has 0 radical (unpaired) electrons. The van der Waals surface area contributed by atoms with Gasteiger partial charge in [-0.1, -0.05) is 11.6 Å². The first-order valence-corrected chi connectivity index (χ1v) is 5.80. The van der Waals surface area contributed by atoms with Gasteiger partial charge in [0.1, 0.15) is 5.69 Å². The molecule has 0 aliphatic carbocycles. The molecule has 0 bridgehead atoms. The quantitative estimate of drug-likeness (QED) is 0.800. The normalized spacial score (nSPS) is 21.2. The molecule has 2 heterocycles. The number of amides is 1. The van der Waals surface area contributed by atoms with Crippen molar-refractivity contribution >= 4 is 17.5 Å². The molecule has 4 nitrogen and oxygen atoms in total. The van der Waals surface area contributed by atoms with E-state index in [4.69, 9.17) is 11.6 Å². The molecule has 2 rings (SSSR count). The van der Waals surface area contributed by atoms with Gasteiger partial charge in [-0.3, -0.25) is 4.79 Å². The van der Waals surface area contributed by atoms with Gasteiger partial charge < -0.3 is 14.8 Å². The zero-order chi connectivity index (χ0) is 11.7. The molecule has 1 saturated heterocycles. The first-order chi connectivity index (χ1) is 7.58. The van der Waals surface area contributed by atoms with E-state index in [0.717, 1.165) is 19.6 Å². The molecule has 1 aromatic rings. The van der Waals surface area contributed by atoms with Crippen LogP contribution in [0.5, 0.6) is 0 Å². The Balaban J connectivity index is 2.15. The first kappa shape index (κ1) is 11.5. The van der Waals surface area contributed by atoms with Crippen molar-refractivity contribution in [1.82, 2.24) is 14.8 Å². The highest BCUT2D eigenvalue weighted by atomic mass is 35.5. The maximum absolute atomic E-state index is 12.2. The van der Waals surface area contributed by atoms with Crippen LogP contribution in [0, 0.1) is 0 Å². The third-order valence-electron chi connectivity index (χ3n) is 2.85. The van der Waals surface area contributed by atoms with Crippen molar-refractivity contribution in [1.29, 1.82) is 0 Å². The van der Waals surface area contributed by atoms with Gasteiger partial charge in [-0.05, 0) is 13.0 Å². The summed E-state index contributed by atoms with van der Waals surface area (Å²) in [6.45, 7) is 4.44. The average Bonchev–Trinajstić information content (AvgIpc) is 2.57. The summed E-state index contributed by atoms with van der Waals surface area (Å²) in [5, 5.41) is 3.92. The second-order valence-electron chi connectivity index (χ2n) is 4.26. The lowest BCUT2D eigenvalue weighted by atomic mass is 10.2. The van der Waals surface area contributed by atoms with Crippen molar-refractivity contribution in [2.24, 2.45) is 7.05 Å². The van der Waals surface area contributed by atoms with E-state index in [0.29, 0.717) is 16.8 Å². The lowest BCUT2D eigenvalue weighted by Gasteiger charge is -2.31. The van der Waals surface area contributed by atoms with E-state index in [-0.39, 0.29) is 5.91 Å². The first-order valence-electron chi connectivity index (χ1n) is 5.42. The van der Waals surface area contributed by atoms with E-state index >= 15 is 0 Å². The van der Waals surface area contributed by atoms with Gasteiger partial charge in [0, 0.05) is 38.9 Å². The molecule has 1 atom stereocenters. The summed E-state index contributed by atoms with van der Waals surface area (Å²) in [6.07, 6.45) is 1.75. The standard InChI is InChI=1S/C11H16ClN3O/c1-8-6-15(4-3-13-8)11(16)10-5-9(12)7-14(10)2/h5,7-8,13H,3-4,6H2,1-2H3/t8-/m0/s1. The molecule has 1 N–H and O–H groups in total. The van der Waals surface area contributed by atoms with Crippen LogP contribution in [0.1, 0.15) is 17.4 Å². The molecular formula is C11H16ClN3O. The van der Waals surface area contributed by atoms with Crippen LogP contribution in [0.2, 0.25) is 5.02 Å². The zero-order valence-electron chi connectivity index (χ0n) is 9.53. The highest BCUT2D eigenvalue weighted by Gasteiger charge is 2.23. The maximum Gasteiger partial charge on any atom is 0.270 e. The second kappa shape index (κ2) is 4.47. The number of hydrogen-bond donors (Lipinski definition) is 1. The van der Waals surface area contributed by atoms with Gasteiger partial charge in [0.25, 0.3) is 5.91 Å². The molecule has 1 aliphatic heterocycles. The fourth-order valence-electron chi connectivity index (χ4n) is 2.02. The number of nitrogens with zero attached hydrogens (tertiary/aromatic N) is 2. The molecule has 0 aromatic carbocycles. The minimum atomic E-state index is 0.0581. The molecule has 0 saturated carbocycles. The summed E-state index contributed by atoms with van der Waals surface area (Å²) in [5.41, 5.74) is 0.652. The van der Waals surface area contributed by atoms with Crippen molar-refractivity contribution in [3.63, 3.8) is 0 Å². The largest absolute Gasteiger partial charge is 0.345 e. The molecule has 0 unspecified atom stereocenters. The second-order valence-corrected chi connectivity index (χ2v) is 4.70. The SMILES string of the molecule is C[C@H]1CN(C(=O)c2cc(Cl)cn2C)CCN1. The molecule has 88 valence electrons. The van der Waals surface area contributed by atoms with Crippen molar-refractivity contribution < 1.29 is 4.79 Å². The zero-order valence-corrected chi connectivity index (χ0v) is 10.3. The summed E-state index contributed by atoms with van der Waals surface area (Å²) in [5.74, 6) is 0.0581. The molecule has 1 aromatic heterocycles. The number of rotatable bonds is 1. The van der Waals surface area contributed by atoms with Crippen LogP contribution >= 0.6 is 11.6 Å². The molecule has 1 amide bonds. The summed E-state index contributed by atoms with van der Waals surface area (Å²) >= 11 is 5.87. The van der Waals surface area contributed by atoms with E-state index < -0.39 is 0 Å².